The molecule has 1 saturated heterocycles. The Hall–Kier alpha value is -0.120. The van der Waals surface area contributed by atoms with Crippen LogP contribution in [0, 0.1) is 0 Å². The average Bonchev–Trinajstić information content (AvgIpc) is 2.19. The molecule has 0 unspecified atom stereocenters. The number of ether oxygens (including phenoxy) is 1. The summed E-state index contributed by atoms with van der Waals surface area (Å²) >= 11 is 0. The summed E-state index contributed by atoms with van der Waals surface area (Å²) in [5.41, 5.74) is 0.146. The number of morpholine rings is 1. The Labute approximate surface area is 94.4 Å². The summed E-state index contributed by atoms with van der Waals surface area (Å²) in [7, 11) is 0. The van der Waals surface area contributed by atoms with Crippen molar-refractivity contribution in [2.75, 3.05) is 32.8 Å². The Morgan fingerprint density at radius 1 is 1.27 bits per heavy atom. The van der Waals surface area contributed by atoms with Crippen molar-refractivity contribution in [1.82, 2.24) is 9.80 Å². The smallest absolute Gasteiger partial charge is 0.0683 e. The van der Waals surface area contributed by atoms with E-state index in [1.165, 1.54) is 0 Å². The monoisotopic (exact) mass is 214 g/mol. The van der Waals surface area contributed by atoms with Crippen molar-refractivity contribution in [1.29, 1.82) is 0 Å². The first-order chi connectivity index (χ1) is 7.00. The fraction of sp³-hybridized carbons (Fsp3) is 1.00. The molecule has 1 heterocycles. The maximum atomic E-state index is 5.41. The highest BCUT2D eigenvalue weighted by Gasteiger charge is 2.34. The zero-order valence-electron chi connectivity index (χ0n) is 10.9. The standard InChI is InChI=1S/C12H26N2O/c1-6-14(11(2)3)12(4,5)13-7-9-15-10-8-13/h11H,6-10H2,1-5H3. The molecule has 0 bridgehead atoms. The summed E-state index contributed by atoms with van der Waals surface area (Å²) in [6.07, 6.45) is 0. The molecule has 90 valence electrons. The second kappa shape index (κ2) is 5.28. The minimum Gasteiger partial charge on any atom is -0.379 e. The van der Waals surface area contributed by atoms with Gasteiger partial charge in [-0.1, -0.05) is 6.92 Å². The third-order valence-corrected chi connectivity index (χ3v) is 3.45. The fourth-order valence-corrected chi connectivity index (χ4v) is 2.68. The lowest BCUT2D eigenvalue weighted by Crippen LogP contribution is -2.61. The molecule has 0 aliphatic carbocycles. The molecule has 0 aromatic heterocycles. The molecular weight excluding hydrogens is 188 g/mol. The normalized spacial score (nSPS) is 20.2. The molecule has 0 aromatic rings. The molecule has 1 aliphatic heterocycles. The highest BCUT2D eigenvalue weighted by atomic mass is 16.5. The molecule has 0 radical (unpaired) electrons. The number of rotatable bonds is 4. The van der Waals surface area contributed by atoms with Gasteiger partial charge in [-0.05, 0) is 34.2 Å². The molecule has 0 amide bonds. The third kappa shape index (κ3) is 2.92. The maximum Gasteiger partial charge on any atom is 0.0683 e. The molecule has 15 heavy (non-hydrogen) atoms. The van der Waals surface area contributed by atoms with Gasteiger partial charge in [0.25, 0.3) is 0 Å². The van der Waals surface area contributed by atoms with E-state index in [0.29, 0.717) is 6.04 Å². The van der Waals surface area contributed by atoms with E-state index in [4.69, 9.17) is 4.74 Å². The molecule has 3 nitrogen and oxygen atoms in total. The largest absolute Gasteiger partial charge is 0.379 e. The summed E-state index contributed by atoms with van der Waals surface area (Å²) in [6.45, 7) is 16.4. The summed E-state index contributed by atoms with van der Waals surface area (Å²) in [5.74, 6) is 0. The molecule has 0 aromatic carbocycles. The van der Waals surface area contributed by atoms with E-state index < -0.39 is 0 Å². The van der Waals surface area contributed by atoms with Crippen LogP contribution in [0.4, 0.5) is 0 Å². The van der Waals surface area contributed by atoms with E-state index in [1.807, 2.05) is 0 Å². The molecule has 1 rings (SSSR count). The van der Waals surface area contributed by atoms with Crippen LogP contribution < -0.4 is 0 Å². The second-order valence-electron chi connectivity index (χ2n) is 4.97. The number of hydrogen-bond donors (Lipinski definition) is 0. The topological polar surface area (TPSA) is 15.7 Å². The van der Waals surface area contributed by atoms with Crippen LogP contribution in [0.3, 0.4) is 0 Å². The first-order valence-corrected chi connectivity index (χ1v) is 6.09. The summed E-state index contributed by atoms with van der Waals surface area (Å²) in [5, 5.41) is 0. The lowest BCUT2D eigenvalue weighted by Gasteiger charge is -2.49. The van der Waals surface area contributed by atoms with Crippen molar-refractivity contribution in [2.24, 2.45) is 0 Å². The lowest BCUT2D eigenvalue weighted by molar-refractivity contribution is -0.0911. The van der Waals surface area contributed by atoms with Gasteiger partial charge < -0.3 is 4.74 Å². The van der Waals surface area contributed by atoms with Crippen molar-refractivity contribution < 1.29 is 4.74 Å². The Balaban J connectivity index is 2.68. The Morgan fingerprint density at radius 2 is 1.80 bits per heavy atom. The average molecular weight is 214 g/mol. The van der Waals surface area contributed by atoms with E-state index in [1.54, 1.807) is 0 Å². The SMILES string of the molecule is CCN(C(C)C)C(C)(C)N1CCOCC1. The molecule has 1 fully saturated rings. The summed E-state index contributed by atoms with van der Waals surface area (Å²) in [6, 6.07) is 0.591. The molecule has 0 spiro atoms. The minimum atomic E-state index is 0.146. The predicted molar refractivity (Wildman–Crippen MR) is 64.0 cm³/mol. The van der Waals surface area contributed by atoms with E-state index in [2.05, 4.69) is 44.4 Å². The van der Waals surface area contributed by atoms with Gasteiger partial charge >= 0.3 is 0 Å². The van der Waals surface area contributed by atoms with Crippen LogP contribution in [0.25, 0.3) is 0 Å². The number of hydrogen-bond acceptors (Lipinski definition) is 3. The van der Waals surface area contributed by atoms with Crippen LogP contribution in [-0.4, -0.2) is 54.4 Å². The lowest BCUT2D eigenvalue weighted by atomic mass is 10.1. The second-order valence-corrected chi connectivity index (χ2v) is 4.97. The minimum absolute atomic E-state index is 0.146. The molecular formula is C12H26N2O. The maximum absolute atomic E-state index is 5.41. The van der Waals surface area contributed by atoms with Crippen molar-refractivity contribution in [2.45, 2.75) is 46.3 Å². The Bertz CT molecular complexity index is 186. The Morgan fingerprint density at radius 3 is 2.20 bits per heavy atom. The predicted octanol–water partition coefficient (Wildman–Crippen LogP) is 1.78. The quantitative estimate of drug-likeness (QED) is 0.709. The highest BCUT2D eigenvalue weighted by Crippen LogP contribution is 2.23. The van der Waals surface area contributed by atoms with Gasteiger partial charge in [-0.15, -0.1) is 0 Å². The van der Waals surface area contributed by atoms with Crippen LogP contribution in [-0.2, 0) is 4.74 Å². The molecule has 0 saturated carbocycles. The van der Waals surface area contributed by atoms with Crippen LogP contribution in [0.1, 0.15) is 34.6 Å². The van der Waals surface area contributed by atoms with Crippen molar-refractivity contribution in [3.63, 3.8) is 0 Å². The summed E-state index contributed by atoms with van der Waals surface area (Å²) in [4.78, 5) is 5.07. The molecule has 1 aliphatic rings. The van der Waals surface area contributed by atoms with Gasteiger partial charge in [0.05, 0.1) is 18.9 Å². The van der Waals surface area contributed by atoms with E-state index in [9.17, 15) is 0 Å². The Kier molecular flexibility index (Phi) is 4.56. The number of nitrogens with zero attached hydrogens (tertiary/aromatic N) is 2. The van der Waals surface area contributed by atoms with Gasteiger partial charge in [0.2, 0.25) is 0 Å². The zero-order valence-corrected chi connectivity index (χ0v) is 10.9. The first-order valence-electron chi connectivity index (χ1n) is 6.09. The van der Waals surface area contributed by atoms with Crippen LogP contribution >= 0.6 is 0 Å². The van der Waals surface area contributed by atoms with Gasteiger partial charge in [0.1, 0.15) is 0 Å². The zero-order chi connectivity index (χ0) is 11.5. The van der Waals surface area contributed by atoms with Gasteiger partial charge in [-0.25, -0.2) is 0 Å². The highest BCUT2D eigenvalue weighted by molar-refractivity contribution is 4.85. The van der Waals surface area contributed by atoms with Crippen LogP contribution in [0.2, 0.25) is 0 Å². The van der Waals surface area contributed by atoms with Gasteiger partial charge in [-0.3, -0.25) is 9.80 Å². The van der Waals surface area contributed by atoms with Crippen molar-refractivity contribution >= 4 is 0 Å². The van der Waals surface area contributed by atoms with E-state index >= 15 is 0 Å². The first kappa shape index (κ1) is 12.9. The molecule has 0 N–H and O–H groups in total. The fourth-order valence-electron chi connectivity index (χ4n) is 2.68. The van der Waals surface area contributed by atoms with Crippen LogP contribution in [0.5, 0.6) is 0 Å². The molecule has 3 heteroatoms. The van der Waals surface area contributed by atoms with Crippen LogP contribution in [0.15, 0.2) is 0 Å². The van der Waals surface area contributed by atoms with Gasteiger partial charge in [-0.2, -0.15) is 0 Å². The van der Waals surface area contributed by atoms with Crippen molar-refractivity contribution in [3.8, 4) is 0 Å². The van der Waals surface area contributed by atoms with Gasteiger partial charge in [0, 0.05) is 19.1 Å². The van der Waals surface area contributed by atoms with E-state index in [-0.39, 0.29) is 5.66 Å². The third-order valence-electron chi connectivity index (χ3n) is 3.45. The van der Waals surface area contributed by atoms with Gasteiger partial charge in [0.15, 0.2) is 0 Å². The summed E-state index contributed by atoms with van der Waals surface area (Å²) < 4.78 is 5.41. The van der Waals surface area contributed by atoms with Crippen molar-refractivity contribution in [3.05, 3.63) is 0 Å². The molecule has 0 atom stereocenters. The van der Waals surface area contributed by atoms with E-state index in [0.717, 1.165) is 32.8 Å².